The van der Waals surface area contributed by atoms with Gasteiger partial charge in [-0.2, -0.15) is 0 Å². The van der Waals surface area contributed by atoms with Gasteiger partial charge in [0.25, 0.3) is 10.0 Å². The fraction of sp³-hybridized carbons (Fsp3) is 0.250. The summed E-state index contributed by atoms with van der Waals surface area (Å²) < 4.78 is 35.5. The molecule has 0 heterocycles. The van der Waals surface area contributed by atoms with Crippen molar-refractivity contribution in [2.75, 3.05) is 14.1 Å². The Morgan fingerprint density at radius 2 is 1.71 bits per heavy atom. The van der Waals surface area contributed by atoms with Gasteiger partial charge in [-0.25, -0.2) is 17.8 Å². The van der Waals surface area contributed by atoms with Crippen molar-refractivity contribution in [1.82, 2.24) is 9.84 Å². The van der Waals surface area contributed by atoms with Gasteiger partial charge in [0.2, 0.25) is 0 Å². The first-order chi connectivity index (χ1) is 6.42. The predicted octanol–water partition coefficient (Wildman–Crippen LogP) is 0.581. The van der Waals surface area contributed by atoms with Crippen molar-refractivity contribution in [3.8, 4) is 0 Å². The molecule has 0 aliphatic carbocycles. The van der Waals surface area contributed by atoms with Crippen LogP contribution >= 0.6 is 0 Å². The fourth-order valence-electron chi connectivity index (χ4n) is 0.907. The van der Waals surface area contributed by atoms with E-state index in [0.717, 1.165) is 12.1 Å². The molecule has 1 aromatic carbocycles. The monoisotopic (exact) mass is 218 g/mol. The zero-order chi connectivity index (χ0) is 10.8. The van der Waals surface area contributed by atoms with Crippen molar-refractivity contribution < 1.29 is 12.8 Å². The molecule has 0 bridgehead atoms. The van der Waals surface area contributed by atoms with E-state index < -0.39 is 15.8 Å². The number of hydrogen-bond donors (Lipinski definition) is 1. The summed E-state index contributed by atoms with van der Waals surface area (Å²) in [5.41, 5.74) is 0. The molecule has 78 valence electrons. The standard InChI is InChI=1S/C8H11FN2O2S/c1-11(2)10-14(12,13)8-5-3-7(9)4-6-8/h3-6,10H,1-2H3. The lowest BCUT2D eigenvalue weighted by Crippen LogP contribution is -2.36. The number of benzene rings is 1. The molecule has 0 aromatic heterocycles. The lowest BCUT2D eigenvalue weighted by Gasteiger charge is -2.12. The fourth-order valence-corrected chi connectivity index (χ4v) is 1.99. The summed E-state index contributed by atoms with van der Waals surface area (Å²) in [5.74, 6) is -0.464. The van der Waals surface area contributed by atoms with Crippen LogP contribution in [0.3, 0.4) is 0 Å². The Bertz CT molecular complexity index is 400. The minimum absolute atomic E-state index is 0.0348. The van der Waals surface area contributed by atoms with Gasteiger partial charge in [-0.3, -0.25) is 0 Å². The topological polar surface area (TPSA) is 49.4 Å². The number of halogens is 1. The highest BCUT2D eigenvalue weighted by molar-refractivity contribution is 7.89. The third-order valence-corrected chi connectivity index (χ3v) is 2.92. The number of hydrogen-bond acceptors (Lipinski definition) is 3. The molecular weight excluding hydrogens is 207 g/mol. The predicted molar refractivity (Wildman–Crippen MR) is 50.4 cm³/mol. The highest BCUT2D eigenvalue weighted by atomic mass is 32.2. The summed E-state index contributed by atoms with van der Waals surface area (Å²) >= 11 is 0. The third kappa shape index (κ3) is 2.76. The van der Waals surface area contributed by atoms with E-state index in [0.29, 0.717) is 0 Å². The van der Waals surface area contributed by atoms with Crippen molar-refractivity contribution in [3.05, 3.63) is 30.1 Å². The number of sulfonamides is 1. The molecule has 0 fully saturated rings. The molecule has 4 nitrogen and oxygen atoms in total. The average Bonchev–Trinajstić information content (AvgIpc) is 2.02. The van der Waals surface area contributed by atoms with Crippen LogP contribution in [0.15, 0.2) is 29.2 Å². The highest BCUT2D eigenvalue weighted by Gasteiger charge is 2.13. The molecule has 0 unspecified atom stereocenters. The molecule has 0 atom stereocenters. The summed E-state index contributed by atoms with van der Waals surface area (Å²) in [6.45, 7) is 0. The zero-order valence-corrected chi connectivity index (χ0v) is 8.68. The van der Waals surface area contributed by atoms with E-state index in [-0.39, 0.29) is 4.90 Å². The Balaban J connectivity index is 2.99. The van der Waals surface area contributed by atoms with Crippen molar-refractivity contribution in [3.63, 3.8) is 0 Å². The van der Waals surface area contributed by atoms with Crippen LogP contribution in [0.5, 0.6) is 0 Å². The molecule has 0 aliphatic rings. The van der Waals surface area contributed by atoms with E-state index in [4.69, 9.17) is 0 Å². The summed E-state index contributed by atoms with van der Waals surface area (Å²) in [6, 6.07) is 4.62. The molecule has 1 N–H and O–H groups in total. The Kier molecular flexibility index (Phi) is 3.20. The van der Waals surface area contributed by atoms with Gasteiger partial charge < -0.3 is 0 Å². The maximum absolute atomic E-state index is 12.5. The van der Waals surface area contributed by atoms with Crippen LogP contribution in [0.1, 0.15) is 0 Å². The van der Waals surface area contributed by atoms with Gasteiger partial charge in [0.15, 0.2) is 0 Å². The maximum Gasteiger partial charge on any atom is 0.253 e. The van der Waals surface area contributed by atoms with E-state index in [1.54, 1.807) is 14.1 Å². The minimum atomic E-state index is -3.57. The second-order valence-electron chi connectivity index (χ2n) is 2.94. The third-order valence-electron chi connectivity index (χ3n) is 1.43. The minimum Gasteiger partial charge on any atom is -0.237 e. The molecular formula is C8H11FN2O2S. The Morgan fingerprint density at radius 3 is 2.14 bits per heavy atom. The van der Waals surface area contributed by atoms with Crippen LogP contribution in [-0.2, 0) is 10.0 Å². The smallest absolute Gasteiger partial charge is 0.237 e. The van der Waals surface area contributed by atoms with Crippen molar-refractivity contribution in [2.45, 2.75) is 4.90 Å². The summed E-state index contributed by atoms with van der Waals surface area (Å²) in [4.78, 5) is 2.27. The SMILES string of the molecule is CN(C)NS(=O)(=O)c1ccc(F)cc1. The van der Waals surface area contributed by atoms with Crippen LogP contribution < -0.4 is 4.83 Å². The summed E-state index contributed by atoms with van der Waals surface area (Å²) in [5, 5.41) is 1.30. The molecule has 14 heavy (non-hydrogen) atoms. The molecule has 1 rings (SSSR count). The van der Waals surface area contributed by atoms with E-state index in [2.05, 4.69) is 4.83 Å². The van der Waals surface area contributed by atoms with Gasteiger partial charge in [0.05, 0.1) is 4.90 Å². The first kappa shape index (κ1) is 11.1. The summed E-state index contributed by atoms with van der Waals surface area (Å²) in [7, 11) is -0.454. The molecule has 0 spiro atoms. The molecule has 0 amide bonds. The first-order valence-corrected chi connectivity index (χ1v) is 5.35. The van der Waals surface area contributed by atoms with E-state index >= 15 is 0 Å². The van der Waals surface area contributed by atoms with Crippen molar-refractivity contribution in [1.29, 1.82) is 0 Å². The number of nitrogens with zero attached hydrogens (tertiary/aromatic N) is 1. The lowest BCUT2D eigenvalue weighted by molar-refractivity contribution is 0.364. The molecule has 0 saturated heterocycles. The van der Waals surface area contributed by atoms with Crippen LogP contribution in [0.4, 0.5) is 4.39 Å². The molecule has 6 heteroatoms. The van der Waals surface area contributed by atoms with Crippen molar-refractivity contribution in [2.24, 2.45) is 0 Å². The van der Waals surface area contributed by atoms with Crippen LogP contribution in [0.2, 0.25) is 0 Å². The van der Waals surface area contributed by atoms with Gasteiger partial charge in [-0.15, -0.1) is 4.83 Å². The average molecular weight is 218 g/mol. The highest BCUT2D eigenvalue weighted by Crippen LogP contribution is 2.09. The number of nitrogens with one attached hydrogen (secondary N) is 1. The first-order valence-electron chi connectivity index (χ1n) is 3.87. The maximum atomic E-state index is 12.5. The van der Waals surface area contributed by atoms with Crippen LogP contribution in [0.25, 0.3) is 0 Å². The van der Waals surface area contributed by atoms with Gasteiger partial charge in [-0.05, 0) is 24.3 Å². The largest absolute Gasteiger partial charge is 0.253 e. The van der Waals surface area contributed by atoms with Crippen LogP contribution in [0, 0.1) is 5.82 Å². The lowest BCUT2D eigenvalue weighted by atomic mass is 10.4. The van der Waals surface area contributed by atoms with Gasteiger partial charge >= 0.3 is 0 Å². The van der Waals surface area contributed by atoms with Gasteiger partial charge in [-0.1, -0.05) is 0 Å². The Morgan fingerprint density at radius 1 is 1.21 bits per heavy atom. The van der Waals surface area contributed by atoms with E-state index in [1.807, 2.05) is 0 Å². The summed E-state index contributed by atoms with van der Waals surface area (Å²) in [6.07, 6.45) is 0. The van der Waals surface area contributed by atoms with E-state index in [9.17, 15) is 12.8 Å². The zero-order valence-electron chi connectivity index (χ0n) is 7.86. The Labute approximate surface area is 82.4 Å². The molecule has 0 aliphatic heterocycles. The molecule has 0 radical (unpaired) electrons. The molecule has 0 saturated carbocycles. The van der Waals surface area contributed by atoms with Crippen molar-refractivity contribution >= 4 is 10.0 Å². The Hall–Kier alpha value is -0.980. The number of rotatable bonds is 3. The second-order valence-corrected chi connectivity index (χ2v) is 4.60. The van der Waals surface area contributed by atoms with Gasteiger partial charge in [0.1, 0.15) is 5.82 Å². The van der Waals surface area contributed by atoms with Gasteiger partial charge in [0, 0.05) is 14.1 Å². The second kappa shape index (κ2) is 4.04. The van der Waals surface area contributed by atoms with Crippen LogP contribution in [-0.4, -0.2) is 27.5 Å². The van der Waals surface area contributed by atoms with E-state index in [1.165, 1.54) is 17.1 Å². The number of hydrazine groups is 1. The quantitative estimate of drug-likeness (QED) is 0.755. The normalized spacial score (nSPS) is 12.0. The molecule has 1 aromatic rings.